The molecule has 0 saturated heterocycles. The normalized spacial score (nSPS) is 13.1. The molecule has 0 amide bonds. The monoisotopic (exact) mass is 262 g/mol. The average Bonchev–Trinajstić information content (AvgIpc) is 2.13. The number of hydrogen-bond acceptors (Lipinski definition) is 1. The van der Waals surface area contributed by atoms with Gasteiger partial charge in [-0.1, -0.05) is 15.9 Å². The zero-order valence-corrected chi connectivity index (χ0v) is 7.88. The molecule has 0 aliphatic heterocycles. The minimum atomic E-state index is -0.0872. The van der Waals surface area contributed by atoms with Crippen molar-refractivity contribution in [1.82, 2.24) is 0 Å². The van der Waals surface area contributed by atoms with Crippen LogP contribution in [0.1, 0.15) is 9.68 Å². The highest BCUT2D eigenvalue weighted by Gasteiger charge is 1.96. The predicted molar refractivity (Wildman–Crippen MR) is 46.6 cm³/mol. The highest BCUT2D eigenvalue weighted by molar-refractivity contribution is 9.11. The predicted octanol–water partition coefficient (Wildman–Crippen LogP) is 3.08. The zero-order valence-electron chi connectivity index (χ0n) is 7.70. The van der Waals surface area contributed by atoms with Crippen molar-refractivity contribution < 1.29 is 4.11 Å². The number of nitrogens with zero attached hydrogens (tertiary/aromatic N) is 1. The van der Waals surface area contributed by atoms with E-state index in [1.807, 2.05) is 0 Å². The molecule has 0 spiro atoms. The first-order valence-electron chi connectivity index (χ1n) is 3.85. The van der Waals surface area contributed by atoms with Crippen LogP contribution >= 0.6 is 31.9 Å². The molecule has 0 fully saturated rings. The van der Waals surface area contributed by atoms with E-state index >= 15 is 0 Å². The third kappa shape index (κ3) is 1.59. The van der Waals surface area contributed by atoms with E-state index in [1.54, 1.807) is 6.07 Å². The molecule has 0 atom stereocenters. The van der Waals surface area contributed by atoms with Crippen LogP contribution in [-0.2, 0) is 0 Å². The molecule has 3 heteroatoms. The molecule has 1 aromatic rings. The Kier molecular flexibility index (Phi) is 1.44. The van der Waals surface area contributed by atoms with Gasteiger partial charge in [-0.2, -0.15) is 5.26 Å². The third-order valence-electron chi connectivity index (χ3n) is 0.848. The van der Waals surface area contributed by atoms with Gasteiger partial charge in [0.15, 0.2) is 0 Å². The maximum Gasteiger partial charge on any atom is 0.100 e. The van der Waals surface area contributed by atoms with Crippen LogP contribution < -0.4 is 0 Å². The number of halogens is 2. The number of nitriles is 1. The summed E-state index contributed by atoms with van der Waals surface area (Å²) in [4.78, 5) is 0. The molecular formula is C7H3Br2N. The van der Waals surface area contributed by atoms with Crippen LogP contribution in [0.4, 0.5) is 0 Å². The van der Waals surface area contributed by atoms with Crippen molar-refractivity contribution in [2.75, 3.05) is 0 Å². The van der Waals surface area contributed by atoms with Gasteiger partial charge in [-0.3, -0.25) is 0 Å². The molecule has 0 bridgehead atoms. The molecule has 1 nitrogen and oxygen atoms in total. The van der Waals surface area contributed by atoms with Crippen molar-refractivity contribution in [3.63, 3.8) is 0 Å². The lowest BCUT2D eigenvalue weighted by Crippen LogP contribution is -1.75. The smallest absolute Gasteiger partial charge is 0.100 e. The van der Waals surface area contributed by atoms with Crippen LogP contribution in [0.2, 0.25) is 0 Å². The van der Waals surface area contributed by atoms with Crippen LogP contribution in [-0.4, -0.2) is 0 Å². The summed E-state index contributed by atoms with van der Waals surface area (Å²) in [5.74, 6) is 0. The minimum Gasteiger partial charge on any atom is -0.192 e. The van der Waals surface area contributed by atoms with E-state index in [0.717, 1.165) is 0 Å². The fourth-order valence-corrected chi connectivity index (χ4v) is 1.03. The molecule has 0 aromatic heterocycles. The van der Waals surface area contributed by atoms with Gasteiger partial charge in [-0.05, 0) is 34.1 Å². The Balaban J connectivity index is 3.69. The Bertz CT molecular complexity index is 382. The Morgan fingerprint density at radius 3 is 2.80 bits per heavy atom. The highest BCUT2D eigenvalue weighted by atomic mass is 79.9. The zero-order chi connectivity index (χ0) is 10.2. The summed E-state index contributed by atoms with van der Waals surface area (Å²) in [6.07, 6.45) is 0. The molecule has 0 aliphatic rings. The second kappa shape index (κ2) is 3.18. The van der Waals surface area contributed by atoms with E-state index in [1.165, 1.54) is 0 Å². The van der Waals surface area contributed by atoms with Gasteiger partial charge in [-0.15, -0.1) is 0 Å². The minimum absolute atomic E-state index is 0.0598. The Labute approximate surface area is 80.1 Å². The summed E-state index contributed by atoms with van der Waals surface area (Å²) in [6.45, 7) is 0. The van der Waals surface area contributed by atoms with Gasteiger partial charge in [0.1, 0.15) is 6.07 Å². The summed E-state index contributed by atoms with van der Waals surface area (Å²) in [7, 11) is 0. The number of hydrogen-bond donors (Lipinski definition) is 0. The van der Waals surface area contributed by atoms with Gasteiger partial charge in [0, 0.05) is 8.95 Å². The molecule has 0 unspecified atom stereocenters. The van der Waals surface area contributed by atoms with Crippen molar-refractivity contribution in [2.24, 2.45) is 0 Å². The molecule has 10 heavy (non-hydrogen) atoms. The summed E-state index contributed by atoms with van der Waals surface area (Å²) in [5.41, 5.74) is 0.0767. The standard InChI is InChI=1S/C7H3Br2N/c8-6-1-2-7(9)5(3-6)4-10/h1-3H/i1D,2D,3D. The summed E-state index contributed by atoms with van der Waals surface area (Å²) < 4.78 is 22.7. The summed E-state index contributed by atoms with van der Waals surface area (Å²) in [6, 6.07) is 1.57. The average molecular weight is 264 g/mol. The Hall–Kier alpha value is -0.330. The largest absolute Gasteiger partial charge is 0.192 e. The van der Waals surface area contributed by atoms with E-state index in [-0.39, 0.29) is 32.6 Å². The molecule has 0 aliphatic carbocycles. The fourth-order valence-electron chi connectivity index (χ4n) is 0.445. The SMILES string of the molecule is [2H]c1c([2H])c(Br)c(C#N)c([2H])c1Br. The van der Waals surface area contributed by atoms with Crippen molar-refractivity contribution in [3.8, 4) is 6.07 Å². The van der Waals surface area contributed by atoms with E-state index < -0.39 is 0 Å². The lowest BCUT2D eigenvalue weighted by atomic mass is 10.2. The van der Waals surface area contributed by atoms with Crippen LogP contribution in [0.5, 0.6) is 0 Å². The fraction of sp³-hybridized carbons (Fsp3) is 0. The Morgan fingerprint density at radius 2 is 2.20 bits per heavy atom. The van der Waals surface area contributed by atoms with Gasteiger partial charge < -0.3 is 0 Å². The molecule has 0 heterocycles. The molecular weight excluding hydrogens is 258 g/mol. The Morgan fingerprint density at radius 1 is 1.50 bits per heavy atom. The maximum absolute atomic E-state index is 8.67. The van der Waals surface area contributed by atoms with Crippen molar-refractivity contribution in [1.29, 1.82) is 5.26 Å². The van der Waals surface area contributed by atoms with Crippen molar-refractivity contribution in [2.45, 2.75) is 0 Å². The van der Waals surface area contributed by atoms with Gasteiger partial charge in [0.05, 0.1) is 9.68 Å². The topological polar surface area (TPSA) is 23.8 Å². The van der Waals surface area contributed by atoms with E-state index in [9.17, 15) is 0 Å². The van der Waals surface area contributed by atoms with Gasteiger partial charge in [-0.25, -0.2) is 0 Å². The first kappa shape index (κ1) is 4.53. The first-order valence-corrected chi connectivity index (χ1v) is 3.94. The maximum atomic E-state index is 8.67. The molecule has 1 rings (SSSR count). The lowest BCUT2D eigenvalue weighted by molar-refractivity contribution is 1.45. The number of rotatable bonds is 0. The quantitative estimate of drug-likeness (QED) is 0.706. The van der Waals surface area contributed by atoms with Crippen molar-refractivity contribution >= 4 is 31.9 Å². The lowest BCUT2D eigenvalue weighted by Gasteiger charge is -1.93. The van der Waals surface area contributed by atoms with Gasteiger partial charge in [0.25, 0.3) is 0 Å². The second-order valence-corrected chi connectivity index (χ2v) is 3.08. The third-order valence-corrected chi connectivity index (χ3v) is 1.84. The molecule has 0 N–H and O–H groups in total. The highest BCUT2D eigenvalue weighted by Crippen LogP contribution is 2.20. The molecule has 1 aromatic carbocycles. The first-order chi connectivity index (χ1) is 6.00. The van der Waals surface area contributed by atoms with Gasteiger partial charge in [0.2, 0.25) is 0 Å². The molecule has 50 valence electrons. The summed E-state index contributed by atoms with van der Waals surface area (Å²) in [5, 5.41) is 8.67. The van der Waals surface area contributed by atoms with Crippen molar-refractivity contribution in [3.05, 3.63) is 32.6 Å². The van der Waals surface area contributed by atoms with E-state index in [4.69, 9.17) is 9.37 Å². The van der Waals surface area contributed by atoms with E-state index in [2.05, 4.69) is 31.9 Å². The number of benzene rings is 1. The summed E-state index contributed by atoms with van der Waals surface area (Å²) >= 11 is 5.99. The second-order valence-electron chi connectivity index (χ2n) is 1.49. The van der Waals surface area contributed by atoms with Crippen LogP contribution in [0.25, 0.3) is 0 Å². The van der Waals surface area contributed by atoms with Crippen LogP contribution in [0.15, 0.2) is 27.1 Å². The van der Waals surface area contributed by atoms with Crippen LogP contribution in [0, 0.1) is 11.3 Å². The van der Waals surface area contributed by atoms with Crippen LogP contribution in [0.3, 0.4) is 0 Å². The van der Waals surface area contributed by atoms with Gasteiger partial charge >= 0.3 is 0 Å². The molecule has 0 saturated carbocycles. The molecule has 0 radical (unpaired) electrons. The van der Waals surface area contributed by atoms with E-state index in [0.29, 0.717) is 0 Å².